The Morgan fingerprint density at radius 2 is 1.78 bits per heavy atom. The molecular formula is C20H26N6O. The number of benzene rings is 2. The lowest BCUT2D eigenvalue weighted by molar-refractivity contribution is -0.109. The van der Waals surface area contributed by atoms with E-state index in [1.165, 1.54) is 0 Å². The van der Waals surface area contributed by atoms with Crippen molar-refractivity contribution in [3.8, 4) is 0 Å². The Kier molecular flexibility index (Phi) is 5.49. The molecule has 0 radical (unpaired) electrons. The summed E-state index contributed by atoms with van der Waals surface area (Å²) >= 11 is 0. The van der Waals surface area contributed by atoms with Crippen LogP contribution in [-0.4, -0.2) is 33.1 Å². The van der Waals surface area contributed by atoms with Gasteiger partial charge in [0, 0.05) is 43.6 Å². The van der Waals surface area contributed by atoms with Gasteiger partial charge in [-0.2, -0.15) is 5.10 Å². The van der Waals surface area contributed by atoms with Crippen LogP contribution in [0.4, 0.5) is 28.4 Å². The zero-order valence-corrected chi connectivity index (χ0v) is 16.1. The lowest BCUT2D eigenvalue weighted by atomic mass is 9.93. The van der Waals surface area contributed by atoms with Gasteiger partial charge >= 0.3 is 0 Å². The summed E-state index contributed by atoms with van der Waals surface area (Å²) in [6.45, 7) is 2.06. The first-order valence-corrected chi connectivity index (χ1v) is 9.05. The summed E-state index contributed by atoms with van der Waals surface area (Å²) in [5.74, 6) is 0. The molecule has 7 nitrogen and oxygen atoms in total. The van der Waals surface area contributed by atoms with Crippen molar-refractivity contribution in [3.63, 3.8) is 0 Å². The molecule has 1 atom stereocenters. The number of fused-ring (bicyclic) bond motifs is 1. The zero-order chi connectivity index (χ0) is 19.4. The molecular weight excluding hydrogens is 340 g/mol. The molecule has 0 spiro atoms. The number of hydrogen-bond acceptors (Lipinski definition) is 7. The summed E-state index contributed by atoms with van der Waals surface area (Å²) in [5, 5.41) is 17.5. The normalized spacial score (nSPS) is 15.1. The van der Waals surface area contributed by atoms with Crippen molar-refractivity contribution in [1.29, 1.82) is 0 Å². The SMILES string of the molecule is CCC1=NNC(C=O)c2c(Nc3c(NC)cc(NC)cc3NC)cccc21. The van der Waals surface area contributed by atoms with Gasteiger partial charge in [0.1, 0.15) is 12.3 Å². The molecule has 1 heterocycles. The highest BCUT2D eigenvalue weighted by Crippen LogP contribution is 2.39. The van der Waals surface area contributed by atoms with E-state index in [0.29, 0.717) is 0 Å². The van der Waals surface area contributed by atoms with Crippen molar-refractivity contribution in [2.24, 2.45) is 5.10 Å². The fraction of sp³-hybridized carbons (Fsp3) is 0.300. The Balaban J connectivity index is 2.13. The van der Waals surface area contributed by atoms with Crippen molar-refractivity contribution in [2.45, 2.75) is 19.4 Å². The number of hydrogen-bond donors (Lipinski definition) is 5. The molecule has 2 aromatic carbocycles. The second-order valence-corrected chi connectivity index (χ2v) is 6.24. The van der Waals surface area contributed by atoms with Crippen molar-refractivity contribution < 1.29 is 4.79 Å². The van der Waals surface area contributed by atoms with E-state index in [2.05, 4.69) is 38.7 Å². The minimum absolute atomic E-state index is 0.480. The summed E-state index contributed by atoms with van der Waals surface area (Å²) in [5.41, 5.74) is 10.5. The Morgan fingerprint density at radius 1 is 1.07 bits per heavy atom. The van der Waals surface area contributed by atoms with Crippen LogP contribution in [0.5, 0.6) is 0 Å². The number of nitrogens with one attached hydrogen (secondary N) is 5. The predicted molar refractivity (Wildman–Crippen MR) is 114 cm³/mol. The molecule has 0 fully saturated rings. The number of nitrogens with zero attached hydrogens (tertiary/aromatic N) is 1. The number of carbonyl (C=O) groups is 1. The maximum Gasteiger partial charge on any atom is 0.148 e. The highest BCUT2D eigenvalue weighted by molar-refractivity contribution is 6.05. The average molecular weight is 366 g/mol. The molecule has 3 rings (SSSR count). The fourth-order valence-corrected chi connectivity index (χ4v) is 3.35. The summed E-state index contributed by atoms with van der Waals surface area (Å²) in [6, 6.07) is 9.58. The third-order valence-electron chi connectivity index (χ3n) is 4.76. The standard InChI is InChI=1S/C20H26N6O/c1-5-14-13-7-6-8-15(19(13)18(11-27)26-25-14)24-20-16(22-3)9-12(21-2)10-17(20)23-4/h6-11,18,21-24,26H,5H2,1-4H3. The van der Waals surface area contributed by atoms with E-state index < -0.39 is 6.04 Å². The maximum atomic E-state index is 11.7. The summed E-state index contributed by atoms with van der Waals surface area (Å²) in [6.07, 6.45) is 1.68. The molecule has 0 aromatic heterocycles. The van der Waals surface area contributed by atoms with E-state index in [9.17, 15) is 4.79 Å². The molecule has 0 aliphatic carbocycles. The van der Waals surface area contributed by atoms with E-state index >= 15 is 0 Å². The van der Waals surface area contributed by atoms with Crippen LogP contribution in [-0.2, 0) is 4.79 Å². The van der Waals surface area contributed by atoms with Crippen molar-refractivity contribution in [1.82, 2.24) is 5.43 Å². The van der Waals surface area contributed by atoms with Crippen LogP contribution < -0.4 is 26.7 Å². The van der Waals surface area contributed by atoms with Crippen LogP contribution in [0.1, 0.15) is 30.5 Å². The van der Waals surface area contributed by atoms with Crippen LogP contribution in [0.15, 0.2) is 35.4 Å². The van der Waals surface area contributed by atoms with E-state index in [4.69, 9.17) is 0 Å². The van der Waals surface area contributed by atoms with Gasteiger partial charge in [0.25, 0.3) is 0 Å². The highest BCUT2D eigenvalue weighted by atomic mass is 16.1. The highest BCUT2D eigenvalue weighted by Gasteiger charge is 2.25. The minimum Gasteiger partial charge on any atom is -0.388 e. The van der Waals surface area contributed by atoms with Crippen LogP contribution in [0, 0.1) is 0 Å². The number of hydrazone groups is 1. The Hall–Kier alpha value is -3.22. The summed E-state index contributed by atoms with van der Waals surface area (Å²) in [7, 11) is 5.66. The van der Waals surface area contributed by atoms with Gasteiger partial charge in [-0.3, -0.25) is 5.43 Å². The third-order valence-corrected chi connectivity index (χ3v) is 4.76. The maximum absolute atomic E-state index is 11.7. The van der Waals surface area contributed by atoms with Gasteiger partial charge in [-0.15, -0.1) is 0 Å². The van der Waals surface area contributed by atoms with Crippen molar-refractivity contribution in [2.75, 3.05) is 42.4 Å². The van der Waals surface area contributed by atoms with Crippen LogP contribution in [0.2, 0.25) is 0 Å². The number of aldehydes is 1. The van der Waals surface area contributed by atoms with E-state index in [1.54, 1.807) is 0 Å². The second kappa shape index (κ2) is 7.99. The monoisotopic (exact) mass is 366 g/mol. The van der Waals surface area contributed by atoms with Crippen molar-refractivity contribution in [3.05, 3.63) is 41.5 Å². The van der Waals surface area contributed by atoms with Gasteiger partial charge in [-0.1, -0.05) is 19.1 Å². The zero-order valence-electron chi connectivity index (χ0n) is 16.1. The van der Waals surface area contributed by atoms with E-state index in [1.807, 2.05) is 51.5 Å². The molecule has 2 aromatic rings. The molecule has 0 saturated carbocycles. The lowest BCUT2D eigenvalue weighted by Crippen LogP contribution is -2.27. The molecule has 142 valence electrons. The first-order valence-electron chi connectivity index (χ1n) is 9.05. The summed E-state index contributed by atoms with van der Waals surface area (Å²) < 4.78 is 0. The van der Waals surface area contributed by atoms with E-state index in [0.717, 1.165) is 58.0 Å². The van der Waals surface area contributed by atoms with E-state index in [-0.39, 0.29) is 0 Å². The molecule has 5 N–H and O–H groups in total. The van der Waals surface area contributed by atoms with Gasteiger partial charge in [-0.05, 0) is 24.6 Å². The predicted octanol–water partition coefficient (Wildman–Crippen LogP) is 3.51. The average Bonchev–Trinajstić information content (AvgIpc) is 2.72. The third kappa shape index (κ3) is 3.40. The molecule has 27 heavy (non-hydrogen) atoms. The minimum atomic E-state index is -0.480. The van der Waals surface area contributed by atoms with Gasteiger partial charge in [-0.25, -0.2) is 0 Å². The largest absolute Gasteiger partial charge is 0.388 e. The molecule has 7 heteroatoms. The first kappa shape index (κ1) is 18.6. The van der Waals surface area contributed by atoms with Gasteiger partial charge in [0.05, 0.1) is 22.8 Å². The number of carbonyl (C=O) groups excluding carboxylic acids is 1. The number of anilines is 5. The molecule has 0 bridgehead atoms. The molecule has 0 saturated heterocycles. The van der Waals surface area contributed by atoms with Gasteiger partial charge < -0.3 is 26.1 Å². The van der Waals surface area contributed by atoms with Gasteiger partial charge in [0.2, 0.25) is 0 Å². The smallest absolute Gasteiger partial charge is 0.148 e. The molecule has 1 aliphatic heterocycles. The second-order valence-electron chi connectivity index (χ2n) is 6.24. The van der Waals surface area contributed by atoms with Crippen LogP contribution in [0.3, 0.4) is 0 Å². The fourth-order valence-electron chi connectivity index (χ4n) is 3.35. The van der Waals surface area contributed by atoms with Gasteiger partial charge in [0.15, 0.2) is 0 Å². The molecule has 0 amide bonds. The lowest BCUT2D eigenvalue weighted by Gasteiger charge is -2.26. The molecule has 1 aliphatic rings. The molecule has 1 unspecified atom stereocenters. The topological polar surface area (TPSA) is 89.6 Å². The van der Waals surface area contributed by atoms with Crippen molar-refractivity contribution >= 4 is 40.4 Å². The number of rotatable bonds is 7. The first-order chi connectivity index (χ1) is 13.2. The Morgan fingerprint density at radius 3 is 2.33 bits per heavy atom. The Labute approximate surface area is 159 Å². The van der Waals surface area contributed by atoms with Crippen LogP contribution in [0.25, 0.3) is 0 Å². The summed E-state index contributed by atoms with van der Waals surface area (Å²) in [4.78, 5) is 11.7. The Bertz CT molecular complexity index is 852. The van der Waals surface area contributed by atoms with Crippen LogP contribution >= 0.6 is 0 Å². The quantitative estimate of drug-likeness (QED) is 0.482.